The summed E-state index contributed by atoms with van der Waals surface area (Å²) in [6.45, 7) is 8.07. The maximum Gasteiger partial charge on any atom is 0.116 e. The second-order valence-corrected chi connectivity index (χ2v) is 2.91. The van der Waals surface area contributed by atoms with Gasteiger partial charge in [0.2, 0.25) is 0 Å². The highest BCUT2D eigenvalue weighted by molar-refractivity contribution is 5.15. The molecule has 1 heterocycles. The molecule has 1 rings (SSSR count). The summed E-state index contributed by atoms with van der Waals surface area (Å²) in [4.78, 5) is 1.98. The van der Waals surface area contributed by atoms with E-state index in [1.807, 2.05) is 4.90 Å². The molecule has 1 saturated heterocycles. The molecule has 1 aliphatic rings. The molecule has 0 N–H and O–H groups in total. The molecular formula is C9H14N2O. The predicted molar refractivity (Wildman–Crippen MR) is 46.4 cm³/mol. The zero-order chi connectivity index (χ0) is 8.97. The van der Waals surface area contributed by atoms with Crippen molar-refractivity contribution in [2.75, 3.05) is 19.7 Å². The molecule has 0 aromatic heterocycles. The molecule has 1 unspecified atom stereocenters. The first kappa shape index (κ1) is 9.08. The minimum absolute atomic E-state index is 0.267. The SMILES string of the molecule is C=C(C#N)N1CCOC(CC)C1. The van der Waals surface area contributed by atoms with Crippen LogP contribution >= 0.6 is 0 Å². The van der Waals surface area contributed by atoms with Crippen LogP contribution in [0.1, 0.15) is 13.3 Å². The van der Waals surface area contributed by atoms with Crippen molar-refractivity contribution in [1.82, 2.24) is 4.90 Å². The van der Waals surface area contributed by atoms with Gasteiger partial charge in [-0.2, -0.15) is 5.26 Å². The molecule has 0 aliphatic carbocycles. The van der Waals surface area contributed by atoms with Crippen molar-refractivity contribution in [3.05, 3.63) is 12.3 Å². The maximum atomic E-state index is 8.61. The van der Waals surface area contributed by atoms with Crippen molar-refractivity contribution < 1.29 is 4.74 Å². The number of allylic oxidation sites excluding steroid dienone is 1. The van der Waals surface area contributed by atoms with E-state index < -0.39 is 0 Å². The van der Waals surface area contributed by atoms with Crippen LogP contribution in [0.5, 0.6) is 0 Å². The number of hydrogen-bond acceptors (Lipinski definition) is 3. The monoisotopic (exact) mass is 166 g/mol. The molecule has 0 radical (unpaired) electrons. The van der Waals surface area contributed by atoms with E-state index in [-0.39, 0.29) is 6.10 Å². The minimum atomic E-state index is 0.267. The van der Waals surface area contributed by atoms with Crippen molar-refractivity contribution >= 4 is 0 Å². The van der Waals surface area contributed by atoms with Gasteiger partial charge in [0, 0.05) is 13.1 Å². The van der Waals surface area contributed by atoms with E-state index >= 15 is 0 Å². The first-order chi connectivity index (χ1) is 5.77. The average Bonchev–Trinajstić information content (AvgIpc) is 2.17. The van der Waals surface area contributed by atoms with Crippen LogP contribution < -0.4 is 0 Å². The fourth-order valence-corrected chi connectivity index (χ4v) is 1.28. The van der Waals surface area contributed by atoms with Gasteiger partial charge >= 0.3 is 0 Å². The second kappa shape index (κ2) is 4.13. The van der Waals surface area contributed by atoms with Crippen LogP contribution in [0.15, 0.2) is 12.3 Å². The molecular weight excluding hydrogens is 152 g/mol. The number of morpholine rings is 1. The van der Waals surface area contributed by atoms with Gasteiger partial charge in [-0.3, -0.25) is 0 Å². The van der Waals surface area contributed by atoms with Gasteiger partial charge in [0.15, 0.2) is 0 Å². The Hall–Kier alpha value is -1.01. The largest absolute Gasteiger partial charge is 0.375 e. The number of nitrogens with zero attached hydrogens (tertiary/aromatic N) is 2. The second-order valence-electron chi connectivity index (χ2n) is 2.91. The third-order valence-corrected chi connectivity index (χ3v) is 2.10. The lowest BCUT2D eigenvalue weighted by Gasteiger charge is -2.32. The topological polar surface area (TPSA) is 36.3 Å². The van der Waals surface area contributed by atoms with E-state index in [1.54, 1.807) is 0 Å². The molecule has 3 heteroatoms. The summed E-state index contributed by atoms with van der Waals surface area (Å²) < 4.78 is 5.46. The molecule has 66 valence electrons. The Balaban J connectivity index is 2.47. The standard InChI is InChI=1S/C9H14N2O/c1-3-9-7-11(4-5-12-9)8(2)6-10/h9H,2-5,7H2,1H3. The average molecular weight is 166 g/mol. The molecule has 0 amide bonds. The van der Waals surface area contributed by atoms with Crippen molar-refractivity contribution in [3.63, 3.8) is 0 Å². The Kier molecular flexibility index (Phi) is 3.12. The first-order valence-corrected chi connectivity index (χ1v) is 4.23. The highest BCUT2D eigenvalue weighted by atomic mass is 16.5. The van der Waals surface area contributed by atoms with E-state index in [4.69, 9.17) is 10.00 Å². The molecule has 12 heavy (non-hydrogen) atoms. The maximum absolute atomic E-state index is 8.61. The lowest BCUT2D eigenvalue weighted by molar-refractivity contribution is -0.0162. The third-order valence-electron chi connectivity index (χ3n) is 2.10. The molecule has 0 spiro atoms. The molecule has 1 aliphatic heterocycles. The van der Waals surface area contributed by atoms with Gasteiger partial charge in [-0.25, -0.2) is 0 Å². The summed E-state index contributed by atoms with van der Waals surface area (Å²) in [5.74, 6) is 0. The van der Waals surface area contributed by atoms with E-state index in [0.29, 0.717) is 12.3 Å². The first-order valence-electron chi connectivity index (χ1n) is 4.23. The number of ether oxygens (including phenoxy) is 1. The molecule has 3 nitrogen and oxygen atoms in total. The van der Waals surface area contributed by atoms with Crippen LogP contribution in [-0.2, 0) is 4.74 Å². The summed E-state index contributed by atoms with van der Waals surface area (Å²) in [5.41, 5.74) is 0.553. The van der Waals surface area contributed by atoms with E-state index in [2.05, 4.69) is 19.6 Å². The number of rotatable bonds is 2. The van der Waals surface area contributed by atoms with E-state index in [9.17, 15) is 0 Å². The van der Waals surface area contributed by atoms with Crippen LogP contribution in [0.2, 0.25) is 0 Å². The predicted octanol–water partition coefficient (Wildman–Crippen LogP) is 1.13. The summed E-state index contributed by atoms with van der Waals surface area (Å²) in [7, 11) is 0. The van der Waals surface area contributed by atoms with Gasteiger partial charge in [0.05, 0.1) is 12.7 Å². The lowest BCUT2D eigenvalue weighted by atomic mass is 10.2. The molecule has 0 aromatic carbocycles. The van der Waals surface area contributed by atoms with Crippen LogP contribution in [0.4, 0.5) is 0 Å². The Labute approximate surface area is 73.2 Å². The van der Waals surface area contributed by atoms with Crippen molar-refractivity contribution in [1.29, 1.82) is 5.26 Å². The van der Waals surface area contributed by atoms with E-state index in [1.165, 1.54) is 0 Å². The fraction of sp³-hybridized carbons (Fsp3) is 0.667. The van der Waals surface area contributed by atoms with Gasteiger partial charge in [0.25, 0.3) is 0 Å². The summed E-state index contributed by atoms with van der Waals surface area (Å²) in [5, 5.41) is 8.61. The van der Waals surface area contributed by atoms with Gasteiger partial charge in [0.1, 0.15) is 11.8 Å². The number of hydrogen-bond donors (Lipinski definition) is 0. The van der Waals surface area contributed by atoms with Crippen LogP contribution in [0.25, 0.3) is 0 Å². The lowest BCUT2D eigenvalue weighted by Crippen LogP contribution is -2.40. The number of nitriles is 1. The third kappa shape index (κ3) is 1.99. The quantitative estimate of drug-likeness (QED) is 0.577. The Morgan fingerprint density at radius 1 is 1.83 bits per heavy atom. The molecule has 1 fully saturated rings. The Morgan fingerprint density at radius 3 is 3.17 bits per heavy atom. The normalized spacial score (nSPS) is 23.3. The van der Waals surface area contributed by atoms with E-state index in [0.717, 1.165) is 19.5 Å². The smallest absolute Gasteiger partial charge is 0.116 e. The van der Waals surface area contributed by atoms with Crippen molar-refractivity contribution in [3.8, 4) is 6.07 Å². The molecule has 0 bridgehead atoms. The minimum Gasteiger partial charge on any atom is -0.375 e. The Bertz CT molecular complexity index is 207. The Morgan fingerprint density at radius 2 is 2.58 bits per heavy atom. The van der Waals surface area contributed by atoms with Crippen molar-refractivity contribution in [2.24, 2.45) is 0 Å². The van der Waals surface area contributed by atoms with Gasteiger partial charge in [-0.05, 0) is 6.42 Å². The fourth-order valence-electron chi connectivity index (χ4n) is 1.28. The van der Waals surface area contributed by atoms with Gasteiger partial charge in [-0.15, -0.1) is 0 Å². The molecule has 0 saturated carbocycles. The van der Waals surface area contributed by atoms with Crippen LogP contribution in [0.3, 0.4) is 0 Å². The van der Waals surface area contributed by atoms with Crippen LogP contribution in [0, 0.1) is 11.3 Å². The van der Waals surface area contributed by atoms with Crippen LogP contribution in [-0.4, -0.2) is 30.7 Å². The van der Waals surface area contributed by atoms with Crippen molar-refractivity contribution in [2.45, 2.75) is 19.4 Å². The van der Waals surface area contributed by atoms with Gasteiger partial charge < -0.3 is 9.64 Å². The summed E-state index contributed by atoms with van der Waals surface area (Å²) in [6, 6.07) is 2.06. The molecule has 1 atom stereocenters. The highest BCUT2D eigenvalue weighted by Gasteiger charge is 2.19. The zero-order valence-corrected chi connectivity index (χ0v) is 7.42. The summed E-state index contributed by atoms with van der Waals surface area (Å²) >= 11 is 0. The summed E-state index contributed by atoms with van der Waals surface area (Å²) in [6.07, 6.45) is 1.26. The van der Waals surface area contributed by atoms with Gasteiger partial charge in [-0.1, -0.05) is 13.5 Å². The molecule has 0 aromatic rings. The zero-order valence-electron chi connectivity index (χ0n) is 7.42. The highest BCUT2D eigenvalue weighted by Crippen LogP contribution is 2.11.